The van der Waals surface area contributed by atoms with E-state index in [4.69, 9.17) is 0 Å². The molecule has 2 rings (SSSR count). The topological polar surface area (TPSA) is 62.0 Å². The second-order valence-electron chi connectivity index (χ2n) is 3.15. The van der Waals surface area contributed by atoms with Crippen molar-refractivity contribution in [2.45, 2.75) is 4.90 Å². The highest BCUT2D eigenvalue weighted by Gasteiger charge is 2.01. The summed E-state index contributed by atoms with van der Waals surface area (Å²) in [5.41, 5.74) is 0.999. The third-order valence-electron chi connectivity index (χ3n) is 2.02. The third kappa shape index (κ3) is 2.71. The van der Waals surface area contributed by atoms with Crippen LogP contribution in [0.2, 0.25) is 0 Å². The first-order valence-electron chi connectivity index (χ1n) is 4.63. The molecular weight excluding hydrogens is 224 g/mol. The minimum Gasteiger partial charge on any atom is -0.612 e. The van der Waals surface area contributed by atoms with Crippen molar-refractivity contribution in [1.82, 2.24) is 10.1 Å². The summed E-state index contributed by atoms with van der Waals surface area (Å²) in [7, 11) is 0. The Morgan fingerprint density at radius 2 is 2.00 bits per heavy atom. The molecule has 0 spiro atoms. The Morgan fingerprint density at radius 1 is 1.25 bits per heavy atom. The van der Waals surface area contributed by atoms with Crippen LogP contribution in [-0.2, 0) is 11.2 Å². The molecule has 0 bridgehead atoms. The van der Waals surface area contributed by atoms with E-state index in [0.29, 0.717) is 5.82 Å². The summed E-state index contributed by atoms with van der Waals surface area (Å²) < 4.78 is 15.8. The van der Waals surface area contributed by atoms with Crippen LogP contribution in [-0.4, -0.2) is 20.9 Å². The molecule has 1 aromatic carbocycles. The van der Waals surface area contributed by atoms with E-state index in [1.807, 2.05) is 30.3 Å². The molecule has 2 aromatic rings. The normalized spacial score (nSPS) is 13.1. The van der Waals surface area contributed by atoms with Crippen molar-refractivity contribution in [3.63, 3.8) is 0 Å². The maximum atomic E-state index is 11.2. The van der Waals surface area contributed by atoms with Gasteiger partial charge < -0.3 is 9.08 Å². The molecule has 0 aliphatic heterocycles. The van der Waals surface area contributed by atoms with E-state index < -0.39 is 11.2 Å². The molecule has 0 aliphatic rings. The molecule has 4 nitrogen and oxygen atoms in total. The van der Waals surface area contributed by atoms with Crippen LogP contribution in [0, 0.1) is 0 Å². The quantitative estimate of drug-likeness (QED) is 0.762. The lowest BCUT2D eigenvalue weighted by Crippen LogP contribution is -1.96. The van der Waals surface area contributed by atoms with Crippen molar-refractivity contribution >= 4 is 23.3 Å². The fourth-order valence-electron chi connectivity index (χ4n) is 1.19. The van der Waals surface area contributed by atoms with Gasteiger partial charge in [-0.25, -0.2) is 0 Å². The zero-order chi connectivity index (χ0) is 11.4. The Labute approximate surface area is 96.2 Å². The largest absolute Gasteiger partial charge is 0.612 e. The van der Waals surface area contributed by atoms with Gasteiger partial charge in [-0.15, -0.1) is 0 Å². The molecule has 16 heavy (non-hydrogen) atoms. The summed E-state index contributed by atoms with van der Waals surface area (Å²) in [4.78, 5) is 4.68. The zero-order valence-corrected chi connectivity index (χ0v) is 9.48. The molecule has 0 amide bonds. The summed E-state index contributed by atoms with van der Waals surface area (Å²) in [6.07, 6.45) is 6.56. The summed E-state index contributed by atoms with van der Waals surface area (Å²) in [6.45, 7) is 0. The Kier molecular flexibility index (Phi) is 3.38. The SMILES string of the molecule is C[S+]([O-])c1ccc(C=Cc2ncon2)cc1. The van der Waals surface area contributed by atoms with Crippen LogP contribution in [0.1, 0.15) is 11.4 Å². The molecule has 0 fully saturated rings. The van der Waals surface area contributed by atoms with Crippen LogP contribution in [0.5, 0.6) is 0 Å². The van der Waals surface area contributed by atoms with Gasteiger partial charge in [-0.05, 0) is 47.1 Å². The summed E-state index contributed by atoms with van der Waals surface area (Å²) in [6, 6.07) is 7.47. The van der Waals surface area contributed by atoms with Gasteiger partial charge in [-0.1, -0.05) is 11.2 Å². The van der Waals surface area contributed by atoms with Crippen LogP contribution < -0.4 is 0 Å². The number of benzene rings is 1. The van der Waals surface area contributed by atoms with E-state index in [2.05, 4.69) is 14.7 Å². The molecule has 1 unspecified atom stereocenters. The van der Waals surface area contributed by atoms with Crippen molar-refractivity contribution in [3.05, 3.63) is 42.0 Å². The molecular formula is C11H10N2O2S. The summed E-state index contributed by atoms with van der Waals surface area (Å²) in [5, 5.41) is 3.66. The predicted molar refractivity (Wildman–Crippen MR) is 62.0 cm³/mol. The van der Waals surface area contributed by atoms with Gasteiger partial charge in [-0.3, -0.25) is 0 Å². The Bertz CT molecular complexity index is 463. The number of nitrogens with zero attached hydrogens (tertiary/aromatic N) is 2. The standard InChI is InChI=1S/C11H10N2O2S/c1-16(14)10-5-2-9(3-6-10)4-7-11-12-8-15-13-11/h2-8H,1H3. The fraction of sp³-hybridized carbons (Fsp3) is 0.0909. The zero-order valence-electron chi connectivity index (χ0n) is 8.66. The molecule has 0 N–H and O–H groups in total. The van der Waals surface area contributed by atoms with Crippen LogP contribution in [0.4, 0.5) is 0 Å². The second kappa shape index (κ2) is 4.96. The Morgan fingerprint density at radius 3 is 2.56 bits per heavy atom. The minimum atomic E-state index is -0.934. The molecule has 1 aromatic heterocycles. The smallest absolute Gasteiger partial charge is 0.214 e. The molecule has 0 saturated carbocycles. The first-order valence-corrected chi connectivity index (χ1v) is 6.19. The lowest BCUT2D eigenvalue weighted by atomic mass is 10.2. The Hall–Kier alpha value is -1.59. The van der Waals surface area contributed by atoms with E-state index in [1.165, 1.54) is 6.39 Å². The van der Waals surface area contributed by atoms with E-state index >= 15 is 0 Å². The molecule has 0 radical (unpaired) electrons. The van der Waals surface area contributed by atoms with Gasteiger partial charge in [0.2, 0.25) is 6.39 Å². The van der Waals surface area contributed by atoms with E-state index in [0.717, 1.165) is 10.5 Å². The molecule has 0 aliphatic carbocycles. The van der Waals surface area contributed by atoms with E-state index in [9.17, 15) is 4.55 Å². The minimum absolute atomic E-state index is 0.531. The van der Waals surface area contributed by atoms with Crippen molar-refractivity contribution < 1.29 is 9.08 Å². The van der Waals surface area contributed by atoms with Gasteiger partial charge in [0.15, 0.2) is 10.7 Å². The lowest BCUT2D eigenvalue weighted by Gasteiger charge is -2.03. The van der Waals surface area contributed by atoms with Gasteiger partial charge in [0.1, 0.15) is 6.26 Å². The number of hydrogen-bond donors (Lipinski definition) is 0. The number of aromatic nitrogens is 2. The molecule has 82 valence electrons. The fourth-order valence-corrected chi connectivity index (χ4v) is 1.71. The van der Waals surface area contributed by atoms with E-state index in [1.54, 1.807) is 12.3 Å². The van der Waals surface area contributed by atoms with Crippen LogP contribution in [0.3, 0.4) is 0 Å². The first kappa shape index (κ1) is 10.9. The maximum Gasteiger partial charge on any atom is 0.214 e. The Balaban J connectivity index is 2.11. The number of hydrogen-bond acceptors (Lipinski definition) is 4. The highest BCUT2D eigenvalue weighted by molar-refractivity contribution is 7.90. The number of rotatable bonds is 3. The van der Waals surface area contributed by atoms with Crippen molar-refractivity contribution in [2.75, 3.05) is 6.26 Å². The van der Waals surface area contributed by atoms with E-state index in [-0.39, 0.29) is 0 Å². The lowest BCUT2D eigenvalue weighted by molar-refractivity contribution is 0.415. The summed E-state index contributed by atoms with van der Waals surface area (Å²) >= 11 is -0.934. The first-order chi connectivity index (χ1) is 7.75. The molecule has 0 saturated heterocycles. The van der Waals surface area contributed by atoms with Gasteiger partial charge in [0, 0.05) is 0 Å². The van der Waals surface area contributed by atoms with Gasteiger partial charge >= 0.3 is 0 Å². The third-order valence-corrected chi connectivity index (χ3v) is 2.95. The summed E-state index contributed by atoms with van der Waals surface area (Å²) in [5.74, 6) is 0.531. The van der Waals surface area contributed by atoms with Crippen molar-refractivity contribution in [1.29, 1.82) is 0 Å². The monoisotopic (exact) mass is 234 g/mol. The predicted octanol–water partition coefficient (Wildman–Crippen LogP) is 1.98. The molecule has 5 heteroatoms. The second-order valence-corrected chi connectivity index (χ2v) is 4.53. The van der Waals surface area contributed by atoms with Crippen LogP contribution >= 0.6 is 0 Å². The maximum absolute atomic E-state index is 11.2. The van der Waals surface area contributed by atoms with Crippen LogP contribution in [0.15, 0.2) is 40.1 Å². The highest BCUT2D eigenvalue weighted by Crippen LogP contribution is 2.12. The van der Waals surface area contributed by atoms with Crippen LogP contribution in [0.25, 0.3) is 12.2 Å². The van der Waals surface area contributed by atoms with Crippen molar-refractivity contribution in [3.8, 4) is 0 Å². The van der Waals surface area contributed by atoms with Gasteiger partial charge in [-0.2, -0.15) is 4.98 Å². The molecule has 1 atom stereocenters. The average Bonchev–Trinajstić information content (AvgIpc) is 2.80. The highest BCUT2D eigenvalue weighted by atomic mass is 32.2. The van der Waals surface area contributed by atoms with Gasteiger partial charge in [0.05, 0.1) is 0 Å². The van der Waals surface area contributed by atoms with Crippen molar-refractivity contribution in [2.24, 2.45) is 0 Å². The molecule has 1 heterocycles. The average molecular weight is 234 g/mol. The van der Waals surface area contributed by atoms with Gasteiger partial charge in [0.25, 0.3) is 0 Å².